The van der Waals surface area contributed by atoms with E-state index < -0.39 is 0 Å². The molecule has 1 fully saturated rings. The van der Waals surface area contributed by atoms with Crippen LogP contribution in [-0.4, -0.2) is 55.4 Å². The number of carbonyl (C=O) groups is 1. The topological polar surface area (TPSA) is 23.6 Å². The van der Waals surface area contributed by atoms with Crippen LogP contribution < -0.4 is 0 Å². The Morgan fingerprint density at radius 3 is 2.57 bits per heavy atom. The summed E-state index contributed by atoms with van der Waals surface area (Å²) in [5.41, 5.74) is 3.74. The van der Waals surface area contributed by atoms with E-state index in [-0.39, 0.29) is 5.78 Å². The average Bonchev–Trinajstić information content (AvgIpc) is 3.11. The second-order valence-corrected chi connectivity index (χ2v) is 6.68. The summed E-state index contributed by atoms with van der Waals surface area (Å²) in [5.74, 6) is 1.43. The summed E-state index contributed by atoms with van der Waals surface area (Å²) in [6, 6.07) is 6.37. The highest BCUT2D eigenvalue weighted by molar-refractivity contribution is 5.98. The molecule has 0 N–H and O–H groups in total. The van der Waals surface area contributed by atoms with E-state index in [1.807, 2.05) is 6.07 Å². The number of nitrogens with zero attached hydrogens (tertiary/aromatic N) is 2. The Hall–Kier alpha value is -1.45. The van der Waals surface area contributed by atoms with Crippen LogP contribution in [0, 0.1) is 0 Å². The maximum Gasteiger partial charge on any atom is 0.176 e. The summed E-state index contributed by atoms with van der Waals surface area (Å²) in [6.07, 6.45) is 5.84. The number of ketones is 1. The number of benzene rings is 1. The molecule has 1 aromatic carbocycles. The predicted molar refractivity (Wildman–Crippen MR) is 83.9 cm³/mol. The third-order valence-corrected chi connectivity index (χ3v) is 5.25. The maximum absolute atomic E-state index is 12.5. The summed E-state index contributed by atoms with van der Waals surface area (Å²) in [5, 5.41) is 0. The highest BCUT2D eigenvalue weighted by Crippen LogP contribution is 2.48. The largest absolute Gasteiger partial charge is 0.304 e. The van der Waals surface area contributed by atoms with Crippen LogP contribution in [0.4, 0.5) is 0 Å². The molecule has 1 heterocycles. The Morgan fingerprint density at radius 2 is 1.81 bits per heavy atom. The number of Topliss-reactive ketones (excluding diaryl/α,β-unsaturated/α-hetero) is 1. The van der Waals surface area contributed by atoms with E-state index in [0.29, 0.717) is 18.4 Å². The molecule has 2 unspecified atom stereocenters. The van der Waals surface area contributed by atoms with Gasteiger partial charge in [0, 0.05) is 43.6 Å². The van der Waals surface area contributed by atoms with Gasteiger partial charge < -0.3 is 4.90 Å². The van der Waals surface area contributed by atoms with E-state index in [9.17, 15) is 4.79 Å². The number of rotatable bonds is 3. The summed E-state index contributed by atoms with van der Waals surface area (Å²) in [4.78, 5) is 17.1. The van der Waals surface area contributed by atoms with Crippen LogP contribution in [-0.2, 0) is 0 Å². The van der Waals surface area contributed by atoms with Crippen LogP contribution >= 0.6 is 0 Å². The molecule has 0 spiro atoms. The van der Waals surface area contributed by atoms with Gasteiger partial charge in [-0.2, -0.15) is 0 Å². The SMILES string of the molecule is CN1CCN(CC(=O)c2ccc3c(c2)C2C=CC3C2)CC1. The van der Waals surface area contributed by atoms with Crippen molar-refractivity contribution in [3.05, 3.63) is 47.0 Å². The Balaban J connectivity index is 1.47. The third kappa shape index (κ3) is 2.34. The molecule has 0 aromatic heterocycles. The fourth-order valence-corrected chi connectivity index (χ4v) is 3.87. The van der Waals surface area contributed by atoms with Crippen LogP contribution in [0.2, 0.25) is 0 Å². The van der Waals surface area contributed by atoms with Crippen LogP contribution in [0.5, 0.6) is 0 Å². The van der Waals surface area contributed by atoms with Gasteiger partial charge in [0.25, 0.3) is 0 Å². The molecule has 0 radical (unpaired) electrons. The quantitative estimate of drug-likeness (QED) is 0.627. The lowest BCUT2D eigenvalue weighted by molar-refractivity contribution is 0.0876. The van der Waals surface area contributed by atoms with Crippen LogP contribution in [0.15, 0.2) is 30.4 Å². The molecule has 1 aliphatic heterocycles. The van der Waals surface area contributed by atoms with Gasteiger partial charge in [0.05, 0.1) is 6.54 Å². The molecule has 0 amide bonds. The van der Waals surface area contributed by atoms with E-state index in [2.05, 4.69) is 41.1 Å². The van der Waals surface area contributed by atoms with Crippen molar-refractivity contribution >= 4 is 5.78 Å². The molecule has 2 atom stereocenters. The first-order chi connectivity index (χ1) is 10.2. The zero-order chi connectivity index (χ0) is 14.4. The second-order valence-electron chi connectivity index (χ2n) is 6.68. The van der Waals surface area contributed by atoms with Crippen molar-refractivity contribution in [2.45, 2.75) is 18.3 Å². The Labute approximate surface area is 126 Å². The lowest BCUT2D eigenvalue weighted by atomic mass is 9.94. The Morgan fingerprint density at radius 1 is 1.10 bits per heavy atom. The first-order valence-corrected chi connectivity index (χ1v) is 7.97. The molecule has 21 heavy (non-hydrogen) atoms. The second kappa shape index (κ2) is 5.08. The van der Waals surface area contributed by atoms with E-state index in [0.717, 1.165) is 31.7 Å². The normalized spacial score (nSPS) is 28.0. The first-order valence-electron chi connectivity index (χ1n) is 7.97. The molecule has 3 aliphatic rings. The highest BCUT2D eigenvalue weighted by Gasteiger charge is 2.32. The number of carbonyl (C=O) groups excluding carboxylic acids is 1. The maximum atomic E-state index is 12.5. The van der Waals surface area contributed by atoms with Crippen molar-refractivity contribution in [1.29, 1.82) is 0 Å². The van der Waals surface area contributed by atoms with E-state index in [4.69, 9.17) is 0 Å². The molecule has 1 aromatic rings. The van der Waals surface area contributed by atoms with E-state index in [1.54, 1.807) is 0 Å². The van der Waals surface area contributed by atoms with Crippen molar-refractivity contribution in [1.82, 2.24) is 9.80 Å². The predicted octanol–water partition coefficient (Wildman–Crippen LogP) is 2.26. The van der Waals surface area contributed by atoms with Crippen molar-refractivity contribution in [3.8, 4) is 0 Å². The van der Waals surface area contributed by atoms with Crippen LogP contribution in [0.25, 0.3) is 0 Å². The monoisotopic (exact) mass is 282 g/mol. The van der Waals surface area contributed by atoms with Gasteiger partial charge in [-0.15, -0.1) is 0 Å². The van der Waals surface area contributed by atoms with Gasteiger partial charge in [-0.05, 0) is 30.7 Å². The van der Waals surface area contributed by atoms with Gasteiger partial charge in [-0.3, -0.25) is 9.69 Å². The molecule has 4 rings (SSSR count). The molecule has 3 nitrogen and oxygen atoms in total. The van der Waals surface area contributed by atoms with Gasteiger partial charge in [-0.1, -0.05) is 24.3 Å². The van der Waals surface area contributed by atoms with Crippen LogP contribution in [0.3, 0.4) is 0 Å². The summed E-state index contributed by atoms with van der Waals surface area (Å²) < 4.78 is 0. The molecule has 3 heteroatoms. The van der Waals surface area contributed by atoms with Gasteiger partial charge in [0.1, 0.15) is 0 Å². The first kappa shape index (κ1) is 13.2. The molecular formula is C18H22N2O. The smallest absolute Gasteiger partial charge is 0.176 e. The minimum absolute atomic E-state index is 0.272. The van der Waals surface area contributed by atoms with Crippen molar-refractivity contribution in [2.24, 2.45) is 0 Å². The molecule has 110 valence electrons. The van der Waals surface area contributed by atoms with Crippen LogP contribution in [0.1, 0.15) is 39.7 Å². The molecule has 1 saturated heterocycles. The van der Waals surface area contributed by atoms with Gasteiger partial charge in [0.2, 0.25) is 0 Å². The Kier molecular flexibility index (Phi) is 3.20. The lowest BCUT2D eigenvalue weighted by Crippen LogP contribution is -2.46. The van der Waals surface area contributed by atoms with E-state index in [1.165, 1.54) is 17.5 Å². The minimum Gasteiger partial charge on any atom is -0.304 e. The molecule has 0 saturated carbocycles. The fourth-order valence-electron chi connectivity index (χ4n) is 3.87. The molecule has 2 bridgehead atoms. The molecule has 2 aliphatic carbocycles. The highest BCUT2D eigenvalue weighted by atomic mass is 16.1. The van der Waals surface area contributed by atoms with Crippen molar-refractivity contribution in [3.63, 3.8) is 0 Å². The van der Waals surface area contributed by atoms with E-state index >= 15 is 0 Å². The number of hydrogen-bond donors (Lipinski definition) is 0. The minimum atomic E-state index is 0.272. The zero-order valence-electron chi connectivity index (χ0n) is 12.6. The number of fused-ring (bicyclic) bond motifs is 5. The lowest BCUT2D eigenvalue weighted by Gasteiger charge is -2.31. The standard InChI is InChI=1S/C18H22N2O/c1-19-6-8-20(9-7-19)12-18(21)15-4-5-16-13-2-3-14(10-13)17(16)11-15/h2-5,11,13-14H,6-10,12H2,1H3. The fraction of sp³-hybridized carbons (Fsp3) is 0.500. The summed E-state index contributed by atoms with van der Waals surface area (Å²) in [7, 11) is 2.14. The zero-order valence-corrected chi connectivity index (χ0v) is 12.6. The number of piperazine rings is 1. The third-order valence-electron chi connectivity index (χ3n) is 5.25. The number of hydrogen-bond acceptors (Lipinski definition) is 3. The molecular weight excluding hydrogens is 260 g/mol. The summed E-state index contributed by atoms with van der Waals surface area (Å²) >= 11 is 0. The van der Waals surface area contributed by atoms with Gasteiger partial charge >= 0.3 is 0 Å². The van der Waals surface area contributed by atoms with Gasteiger partial charge in [-0.25, -0.2) is 0 Å². The Bertz CT molecular complexity index is 599. The average molecular weight is 282 g/mol. The van der Waals surface area contributed by atoms with Crippen molar-refractivity contribution in [2.75, 3.05) is 39.8 Å². The number of allylic oxidation sites excluding steroid dienone is 2. The van der Waals surface area contributed by atoms with Crippen molar-refractivity contribution < 1.29 is 4.79 Å². The van der Waals surface area contributed by atoms with Gasteiger partial charge in [0.15, 0.2) is 5.78 Å². The number of likely N-dealkylation sites (N-methyl/N-ethyl adjacent to an activating group) is 1. The summed E-state index contributed by atoms with van der Waals surface area (Å²) in [6.45, 7) is 4.69.